The first-order valence-electron chi connectivity index (χ1n) is 10.3. The number of benzene rings is 3. The van der Waals surface area contributed by atoms with Crippen molar-refractivity contribution in [1.29, 1.82) is 0 Å². The summed E-state index contributed by atoms with van der Waals surface area (Å²) in [4.78, 5) is 37.9. The second kappa shape index (κ2) is 9.26. The van der Waals surface area contributed by atoms with E-state index in [1.54, 1.807) is 36.4 Å². The molecule has 0 radical (unpaired) electrons. The zero-order valence-corrected chi connectivity index (χ0v) is 17.5. The maximum Gasteiger partial charge on any atom is 0.290 e. The smallest absolute Gasteiger partial charge is 0.267 e. The highest BCUT2D eigenvalue weighted by Crippen LogP contribution is 2.19. The Labute approximate surface area is 184 Å². The summed E-state index contributed by atoms with van der Waals surface area (Å²) in [5.74, 6) is -1.05. The van der Waals surface area contributed by atoms with Gasteiger partial charge in [0.05, 0.1) is 5.39 Å². The maximum atomic E-state index is 12.8. The number of nitrogens with one attached hydrogen (secondary N) is 2. The van der Waals surface area contributed by atoms with Gasteiger partial charge < -0.3 is 0 Å². The number of hydrogen-bond donors (Lipinski definition) is 2. The predicted octanol–water partition coefficient (Wildman–Crippen LogP) is 3.55. The van der Waals surface area contributed by atoms with E-state index in [1.807, 2.05) is 49.4 Å². The van der Waals surface area contributed by atoms with Gasteiger partial charge in [0.2, 0.25) is 0 Å². The Balaban J connectivity index is 1.51. The van der Waals surface area contributed by atoms with Crippen molar-refractivity contribution in [2.45, 2.75) is 19.9 Å². The predicted molar refractivity (Wildman–Crippen MR) is 123 cm³/mol. The molecule has 0 aliphatic heterocycles. The molecule has 0 aliphatic rings. The van der Waals surface area contributed by atoms with Gasteiger partial charge in [0, 0.05) is 17.5 Å². The van der Waals surface area contributed by atoms with Gasteiger partial charge in [-0.25, -0.2) is 4.68 Å². The summed E-state index contributed by atoms with van der Waals surface area (Å²) in [5.41, 5.74) is 7.09. The quantitative estimate of drug-likeness (QED) is 0.478. The van der Waals surface area contributed by atoms with E-state index in [2.05, 4.69) is 16.0 Å². The molecule has 0 bridgehead atoms. The van der Waals surface area contributed by atoms with Gasteiger partial charge in [-0.05, 0) is 35.7 Å². The lowest BCUT2D eigenvalue weighted by atomic mass is 10.0. The molecule has 0 saturated heterocycles. The highest BCUT2D eigenvalue weighted by atomic mass is 16.2. The van der Waals surface area contributed by atoms with Crippen molar-refractivity contribution in [3.05, 3.63) is 100 Å². The highest BCUT2D eigenvalue weighted by Gasteiger charge is 2.17. The molecule has 7 nitrogen and oxygen atoms in total. The number of fused-ring (bicyclic) bond motifs is 1. The third-order valence-corrected chi connectivity index (χ3v) is 5.06. The molecule has 0 aliphatic carbocycles. The first kappa shape index (κ1) is 21.0. The third-order valence-electron chi connectivity index (χ3n) is 5.06. The second-order valence-electron chi connectivity index (χ2n) is 7.27. The number of carbonyl (C=O) groups is 2. The van der Waals surface area contributed by atoms with E-state index in [1.165, 1.54) is 4.68 Å². The zero-order chi connectivity index (χ0) is 22.5. The molecule has 0 spiro atoms. The minimum atomic E-state index is -0.597. The molecule has 32 heavy (non-hydrogen) atoms. The van der Waals surface area contributed by atoms with Crippen LogP contribution in [0.15, 0.2) is 83.7 Å². The number of aromatic nitrogens is 2. The number of hydrogen-bond acceptors (Lipinski definition) is 4. The van der Waals surface area contributed by atoms with E-state index < -0.39 is 11.8 Å². The Kier molecular flexibility index (Phi) is 6.07. The molecule has 3 aromatic carbocycles. The van der Waals surface area contributed by atoms with Crippen LogP contribution in [-0.4, -0.2) is 21.6 Å². The lowest BCUT2D eigenvalue weighted by molar-refractivity contribution is 0.0843. The van der Waals surface area contributed by atoms with Crippen molar-refractivity contribution >= 4 is 22.6 Å². The van der Waals surface area contributed by atoms with Crippen molar-refractivity contribution in [2.75, 3.05) is 0 Å². The maximum absolute atomic E-state index is 12.8. The molecule has 160 valence electrons. The van der Waals surface area contributed by atoms with Crippen LogP contribution in [0.2, 0.25) is 0 Å². The molecule has 7 heteroatoms. The van der Waals surface area contributed by atoms with Crippen LogP contribution in [0.25, 0.3) is 21.9 Å². The van der Waals surface area contributed by atoms with E-state index in [4.69, 9.17) is 0 Å². The second-order valence-corrected chi connectivity index (χ2v) is 7.27. The Morgan fingerprint density at radius 3 is 2.06 bits per heavy atom. The fourth-order valence-electron chi connectivity index (χ4n) is 3.46. The average molecular weight is 426 g/mol. The molecule has 2 N–H and O–H groups in total. The van der Waals surface area contributed by atoms with Gasteiger partial charge in [0.1, 0.15) is 0 Å². The molecule has 0 atom stereocenters. The summed E-state index contributed by atoms with van der Waals surface area (Å²) in [6, 6.07) is 23.7. The summed E-state index contributed by atoms with van der Waals surface area (Å²) < 4.78 is 1.28. The Morgan fingerprint density at radius 1 is 0.781 bits per heavy atom. The van der Waals surface area contributed by atoms with E-state index in [9.17, 15) is 14.4 Å². The molecular weight excluding hydrogens is 404 g/mol. The number of nitrogens with zero attached hydrogens (tertiary/aromatic N) is 2. The monoisotopic (exact) mass is 426 g/mol. The van der Waals surface area contributed by atoms with E-state index in [0.717, 1.165) is 11.1 Å². The highest BCUT2D eigenvalue weighted by molar-refractivity contribution is 6.06. The number of amides is 2. The number of carbonyl (C=O) groups excluding carboxylic acids is 2. The largest absolute Gasteiger partial charge is 0.290 e. The van der Waals surface area contributed by atoms with Crippen molar-refractivity contribution in [2.24, 2.45) is 0 Å². The van der Waals surface area contributed by atoms with Crippen molar-refractivity contribution in [3.8, 4) is 11.1 Å². The minimum Gasteiger partial charge on any atom is -0.267 e. The van der Waals surface area contributed by atoms with Crippen LogP contribution >= 0.6 is 0 Å². The van der Waals surface area contributed by atoms with Gasteiger partial charge in [-0.1, -0.05) is 67.6 Å². The van der Waals surface area contributed by atoms with E-state index >= 15 is 0 Å². The molecule has 1 aromatic heterocycles. The van der Waals surface area contributed by atoms with Gasteiger partial charge in [-0.3, -0.25) is 25.2 Å². The summed E-state index contributed by atoms with van der Waals surface area (Å²) >= 11 is 0. The van der Waals surface area contributed by atoms with Gasteiger partial charge in [0.15, 0.2) is 5.69 Å². The van der Waals surface area contributed by atoms with Gasteiger partial charge in [-0.2, -0.15) is 5.10 Å². The van der Waals surface area contributed by atoms with Crippen LogP contribution in [0.3, 0.4) is 0 Å². The van der Waals surface area contributed by atoms with Crippen LogP contribution in [-0.2, 0) is 6.54 Å². The Morgan fingerprint density at radius 2 is 1.38 bits per heavy atom. The average Bonchev–Trinajstić information content (AvgIpc) is 2.85. The van der Waals surface area contributed by atoms with E-state index in [0.29, 0.717) is 29.3 Å². The molecule has 0 fully saturated rings. The van der Waals surface area contributed by atoms with Crippen LogP contribution in [0, 0.1) is 0 Å². The fraction of sp³-hybridized carbons (Fsp3) is 0.120. The molecular formula is C25H22N4O3. The molecule has 4 aromatic rings. The summed E-state index contributed by atoms with van der Waals surface area (Å²) in [6.07, 6.45) is 0.696. The normalized spacial score (nSPS) is 10.7. The van der Waals surface area contributed by atoms with Crippen LogP contribution in [0.4, 0.5) is 0 Å². The number of hydrazine groups is 1. The van der Waals surface area contributed by atoms with Crippen LogP contribution in [0.5, 0.6) is 0 Å². The van der Waals surface area contributed by atoms with Crippen molar-refractivity contribution in [1.82, 2.24) is 20.6 Å². The summed E-state index contributed by atoms with van der Waals surface area (Å²) in [5, 5.41) is 5.07. The van der Waals surface area contributed by atoms with Crippen LogP contribution in [0.1, 0.15) is 34.2 Å². The molecule has 1 heterocycles. The first-order valence-corrected chi connectivity index (χ1v) is 10.3. The number of aryl methyl sites for hydroxylation is 1. The first-order chi connectivity index (χ1) is 15.6. The van der Waals surface area contributed by atoms with Crippen molar-refractivity contribution in [3.63, 3.8) is 0 Å². The molecule has 4 rings (SSSR count). The summed E-state index contributed by atoms with van der Waals surface area (Å²) in [7, 11) is 0. The lowest BCUT2D eigenvalue weighted by Crippen LogP contribution is -2.42. The molecule has 0 saturated carbocycles. The van der Waals surface area contributed by atoms with Crippen molar-refractivity contribution < 1.29 is 9.59 Å². The van der Waals surface area contributed by atoms with E-state index in [-0.39, 0.29) is 11.3 Å². The molecule has 0 unspecified atom stereocenters. The van der Waals surface area contributed by atoms with Gasteiger partial charge in [0.25, 0.3) is 17.4 Å². The SMILES string of the molecule is CCCn1nc(C(=O)NNC(=O)c2ccc(-c3ccccc3)cc2)c2ccccc2c1=O. The zero-order valence-electron chi connectivity index (χ0n) is 17.5. The van der Waals surface area contributed by atoms with Gasteiger partial charge >= 0.3 is 0 Å². The third kappa shape index (κ3) is 4.27. The number of rotatable bonds is 5. The Bertz CT molecular complexity index is 1330. The lowest BCUT2D eigenvalue weighted by Gasteiger charge is -2.11. The Hall–Kier alpha value is -4.26. The topological polar surface area (TPSA) is 93.1 Å². The standard InChI is InChI=1S/C25H22N4O3/c1-2-16-29-25(32)21-11-7-6-10-20(21)22(28-29)24(31)27-26-23(30)19-14-12-18(13-15-19)17-8-4-3-5-9-17/h3-15H,2,16H2,1H3,(H,26,30)(H,27,31). The fourth-order valence-corrected chi connectivity index (χ4v) is 3.46. The summed E-state index contributed by atoms with van der Waals surface area (Å²) in [6.45, 7) is 2.32. The molecule has 2 amide bonds. The van der Waals surface area contributed by atoms with Crippen LogP contribution < -0.4 is 16.4 Å². The minimum absolute atomic E-state index is 0.0772. The van der Waals surface area contributed by atoms with Gasteiger partial charge in [-0.15, -0.1) is 0 Å².